The molecule has 118 valence electrons. The number of methoxy groups -OCH3 is 3. The minimum absolute atomic E-state index is 0.456. The van der Waals surface area contributed by atoms with E-state index in [0.29, 0.717) is 17.8 Å². The first-order valence-electron chi connectivity index (χ1n) is 7.74. The van der Waals surface area contributed by atoms with E-state index in [-0.39, 0.29) is 0 Å². The van der Waals surface area contributed by atoms with Crippen LogP contribution in [0.4, 0.5) is 0 Å². The van der Waals surface area contributed by atoms with Crippen molar-refractivity contribution in [2.75, 3.05) is 28.4 Å². The Kier molecular flexibility index (Phi) is 3.92. The molecule has 1 unspecified atom stereocenters. The summed E-state index contributed by atoms with van der Waals surface area (Å²) >= 11 is 0. The maximum Gasteiger partial charge on any atom is 0.203 e. The van der Waals surface area contributed by atoms with Crippen LogP contribution in [0.15, 0.2) is 12.1 Å². The second-order valence-corrected chi connectivity index (χ2v) is 6.31. The Morgan fingerprint density at radius 1 is 1.09 bits per heavy atom. The van der Waals surface area contributed by atoms with E-state index < -0.39 is 0 Å². The molecule has 0 radical (unpaired) electrons. The maximum absolute atomic E-state index is 5.47. The molecule has 0 spiro atoms. The Balaban J connectivity index is 1.95. The van der Waals surface area contributed by atoms with Crippen molar-refractivity contribution in [3.05, 3.63) is 17.7 Å². The fourth-order valence-electron chi connectivity index (χ4n) is 3.88. The van der Waals surface area contributed by atoms with Crippen molar-refractivity contribution in [3.8, 4) is 29.1 Å². The Labute approximate surface area is 132 Å². The lowest BCUT2D eigenvalue weighted by Crippen LogP contribution is -2.53. The minimum Gasteiger partial charge on any atom is -0.493 e. The number of rotatable bonds is 5. The molecule has 2 bridgehead atoms. The van der Waals surface area contributed by atoms with Gasteiger partial charge in [-0.15, -0.1) is 0 Å². The largest absolute Gasteiger partial charge is 0.493 e. The fraction of sp³-hybridized carbons (Fsp3) is 0.556. The summed E-state index contributed by atoms with van der Waals surface area (Å²) in [6.07, 6.45) is 3.47. The average molecular weight is 302 g/mol. The summed E-state index contributed by atoms with van der Waals surface area (Å²) in [5.74, 6) is 8.85. The van der Waals surface area contributed by atoms with Crippen molar-refractivity contribution in [1.82, 2.24) is 0 Å². The van der Waals surface area contributed by atoms with E-state index >= 15 is 0 Å². The van der Waals surface area contributed by atoms with E-state index in [1.54, 1.807) is 21.3 Å². The Bertz CT molecular complexity index is 606. The smallest absolute Gasteiger partial charge is 0.203 e. The number of quaternary nitrogens is 1. The third-order valence-corrected chi connectivity index (χ3v) is 5.17. The third-order valence-electron chi connectivity index (χ3n) is 5.17. The average Bonchev–Trinajstić information content (AvgIpc) is 2.73. The molecule has 1 fully saturated rings. The van der Waals surface area contributed by atoms with E-state index in [2.05, 4.69) is 31.0 Å². The predicted octanol–water partition coefficient (Wildman–Crippen LogP) is 2.60. The summed E-state index contributed by atoms with van der Waals surface area (Å²) in [6, 6.07) is 5.22. The SMILES string of the molecule is COc1cc(C[N+]2(C)[C@@H]3CC#C[C@H]2CC3)cc(OC)c1OC. The second-order valence-electron chi connectivity index (χ2n) is 6.31. The molecule has 2 heterocycles. The lowest BCUT2D eigenvalue weighted by molar-refractivity contribution is -0.949. The normalized spacial score (nSPS) is 28.7. The maximum atomic E-state index is 5.47. The summed E-state index contributed by atoms with van der Waals surface area (Å²) in [4.78, 5) is 0. The van der Waals surface area contributed by atoms with Gasteiger partial charge in [0.25, 0.3) is 0 Å². The zero-order valence-corrected chi connectivity index (χ0v) is 13.8. The summed E-state index contributed by atoms with van der Waals surface area (Å²) in [6.45, 7) is 0.945. The highest BCUT2D eigenvalue weighted by Gasteiger charge is 2.46. The van der Waals surface area contributed by atoms with Gasteiger partial charge >= 0.3 is 0 Å². The Hall–Kier alpha value is -1.86. The molecule has 22 heavy (non-hydrogen) atoms. The van der Waals surface area contributed by atoms with Gasteiger partial charge in [0.05, 0.1) is 34.8 Å². The molecule has 0 aliphatic carbocycles. The highest BCUT2D eigenvalue weighted by atomic mass is 16.5. The lowest BCUT2D eigenvalue weighted by Gasteiger charge is -2.40. The number of benzene rings is 1. The van der Waals surface area contributed by atoms with Crippen molar-refractivity contribution in [3.63, 3.8) is 0 Å². The van der Waals surface area contributed by atoms with E-state index in [1.165, 1.54) is 18.4 Å². The second kappa shape index (κ2) is 5.73. The van der Waals surface area contributed by atoms with Crippen LogP contribution in [-0.2, 0) is 6.54 Å². The van der Waals surface area contributed by atoms with Crippen LogP contribution in [-0.4, -0.2) is 44.9 Å². The van der Waals surface area contributed by atoms with Gasteiger partial charge in [-0.2, -0.15) is 0 Å². The molecular formula is C18H24NO3+. The Morgan fingerprint density at radius 3 is 2.32 bits per heavy atom. The van der Waals surface area contributed by atoms with Gasteiger partial charge in [-0.3, -0.25) is 0 Å². The van der Waals surface area contributed by atoms with Crippen molar-refractivity contribution in [2.24, 2.45) is 0 Å². The van der Waals surface area contributed by atoms with Crippen LogP contribution in [0.25, 0.3) is 0 Å². The van der Waals surface area contributed by atoms with Crippen molar-refractivity contribution in [2.45, 2.75) is 37.9 Å². The van der Waals surface area contributed by atoms with Gasteiger partial charge in [0.15, 0.2) is 17.5 Å². The first-order valence-corrected chi connectivity index (χ1v) is 7.74. The molecule has 3 rings (SSSR count). The quantitative estimate of drug-likeness (QED) is 0.618. The van der Waals surface area contributed by atoms with Gasteiger partial charge in [-0.05, 0) is 18.1 Å². The first kappa shape index (κ1) is 15.1. The molecule has 0 saturated carbocycles. The van der Waals surface area contributed by atoms with Crippen LogP contribution >= 0.6 is 0 Å². The van der Waals surface area contributed by atoms with Gasteiger partial charge in [0.2, 0.25) is 5.75 Å². The van der Waals surface area contributed by atoms with Crippen LogP contribution in [0.1, 0.15) is 24.8 Å². The number of hydrogen-bond acceptors (Lipinski definition) is 3. The zero-order valence-electron chi connectivity index (χ0n) is 13.8. The van der Waals surface area contributed by atoms with Crippen LogP contribution < -0.4 is 14.2 Å². The van der Waals surface area contributed by atoms with Crippen LogP contribution in [0.5, 0.6) is 17.2 Å². The molecule has 0 amide bonds. The first-order chi connectivity index (χ1) is 10.6. The van der Waals surface area contributed by atoms with Gasteiger partial charge < -0.3 is 18.7 Å². The van der Waals surface area contributed by atoms with Crippen LogP contribution in [0.3, 0.4) is 0 Å². The number of ether oxygens (including phenoxy) is 3. The molecule has 1 saturated heterocycles. The van der Waals surface area contributed by atoms with E-state index in [0.717, 1.165) is 28.9 Å². The van der Waals surface area contributed by atoms with Crippen LogP contribution in [0, 0.1) is 11.8 Å². The van der Waals surface area contributed by atoms with Crippen molar-refractivity contribution < 1.29 is 18.7 Å². The Morgan fingerprint density at radius 2 is 1.77 bits per heavy atom. The van der Waals surface area contributed by atoms with E-state index in [1.807, 2.05) is 0 Å². The van der Waals surface area contributed by atoms with E-state index in [4.69, 9.17) is 14.2 Å². The summed E-state index contributed by atoms with van der Waals surface area (Å²) in [5.41, 5.74) is 1.21. The molecule has 4 heteroatoms. The van der Waals surface area contributed by atoms with Crippen LogP contribution in [0.2, 0.25) is 0 Å². The molecule has 4 nitrogen and oxygen atoms in total. The molecule has 3 atom stereocenters. The summed E-state index contributed by atoms with van der Waals surface area (Å²) in [5, 5.41) is 0. The van der Waals surface area contributed by atoms with Gasteiger partial charge in [-0.25, -0.2) is 0 Å². The molecule has 2 aliphatic rings. The van der Waals surface area contributed by atoms with Crippen molar-refractivity contribution >= 4 is 0 Å². The summed E-state index contributed by atoms with van der Waals surface area (Å²) in [7, 11) is 7.29. The highest BCUT2D eigenvalue weighted by Crippen LogP contribution is 2.41. The number of hydrogen-bond donors (Lipinski definition) is 0. The fourth-order valence-corrected chi connectivity index (χ4v) is 3.88. The predicted molar refractivity (Wildman–Crippen MR) is 85.2 cm³/mol. The zero-order chi connectivity index (χ0) is 15.7. The third kappa shape index (κ3) is 2.30. The van der Waals surface area contributed by atoms with E-state index in [9.17, 15) is 0 Å². The number of nitrogens with zero attached hydrogens (tertiary/aromatic N) is 1. The van der Waals surface area contributed by atoms with Gasteiger partial charge in [-0.1, -0.05) is 5.92 Å². The monoisotopic (exact) mass is 302 g/mol. The molecule has 1 aromatic rings. The molecule has 1 aromatic carbocycles. The topological polar surface area (TPSA) is 27.7 Å². The number of fused-ring (bicyclic) bond motifs is 2. The minimum atomic E-state index is 0.456. The molecular weight excluding hydrogens is 278 g/mol. The van der Waals surface area contributed by atoms with Gasteiger partial charge in [0.1, 0.15) is 12.6 Å². The van der Waals surface area contributed by atoms with Gasteiger partial charge in [0, 0.05) is 18.4 Å². The highest BCUT2D eigenvalue weighted by molar-refractivity contribution is 5.53. The molecule has 0 aromatic heterocycles. The molecule has 0 N–H and O–H groups in total. The standard InChI is InChI=1S/C18H24NO3/c1-19(14-6-5-7-15(19)9-8-14)12-13-10-16(20-2)18(22-4)17(11-13)21-3/h10-11,14-15H,6,8-9,12H2,1-4H3/q+1/t14-,15+,19?/m1/s1. The molecule has 2 aliphatic heterocycles. The lowest BCUT2D eigenvalue weighted by atomic mass is 10.0. The van der Waals surface area contributed by atoms with Crippen molar-refractivity contribution in [1.29, 1.82) is 0 Å². The summed E-state index contributed by atoms with van der Waals surface area (Å²) < 4.78 is 17.4.